The molecule has 0 spiro atoms. The molecular weight excluding hydrogens is 676 g/mol. The topological polar surface area (TPSA) is 144 Å². The molecule has 2 N–H and O–H groups in total. The van der Waals surface area contributed by atoms with Crippen LogP contribution in [0.1, 0.15) is 86.3 Å². The zero-order valence-corrected chi connectivity index (χ0v) is 32.9. The number of aryl methyl sites for hydroxylation is 2. The van der Waals surface area contributed by atoms with E-state index in [-0.39, 0.29) is 18.8 Å². The van der Waals surface area contributed by atoms with Crippen molar-refractivity contribution in [2.24, 2.45) is 14.1 Å². The first-order valence-electron chi connectivity index (χ1n) is 17.9. The van der Waals surface area contributed by atoms with Gasteiger partial charge >= 0.3 is 12.2 Å². The van der Waals surface area contributed by atoms with Crippen LogP contribution in [0, 0.1) is 13.8 Å². The highest BCUT2D eigenvalue weighted by Gasteiger charge is 2.28. The monoisotopic (exact) mass is 732 g/mol. The lowest BCUT2D eigenvalue weighted by Crippen LogP contribution is -2.40. The van der Waals surface area contributed by atoms with Crippen LogP contribution in [0.15, 0.2) is 48.8 Å². The van der Waals surface area contributed by atoms with Crippen molar-refractivity contribution < 1.29 is 34.0 Å². The average molecular weight is 733 g/mol. The Morgan fingerprint density at radius 2 is 1.19 bits per heavy atom. The highest BCUT2D eigenvalue weighted by atomic mass is 16.6. The standard InChI is InChI=1S/C20H27N3O3.C15H21NO3.C5H8N2O/c1-14-17-9-11-23(19(24)26-20(2,3)4)12-15(17)6-7-18(14)25-13-16-8-10-21-22(16)5;1-10-12-7-8-16(14(18)19-15(2,3)4)9-11(12)5-6-13(10)17;1-7-5(4-8)2-3-6-7/h6-8,10H,9,11-13H2,1-5H3;5-6,17H,7-9H2,1-4H3;2-3,8H,4H2,1H3. The number of aromatic nitrogens is 4. The molecule has 2 aromatic heterocycles. The van der Waals surface area contributed by atoms with Crippen LogP contribution in [-0.4, -0.2) is 76.1 Å². The lowest BCUT2D eigenvalue weighted by Gasteiger charge is -2.32. The molecule has 2 amide bonds. The first kappa shape index (κ1) is 40.7. The molecule has 2 aliphatic heterocycles. The summed E-state index contributed by atoms with van der Waals surface area (Å²) in [4.78, 5) is 27.8. The molecule has 4 aromatic rings. The van der Waals surface area contributed by atoms with Crippen LogP contribution >= 0.6 is 0 Å². The minimum Gasteiger partial charge on any atom is -0.508 e. The van der Waals surface area contributed by atoms with E-state index in [1.54, 1.807) is 46.1 Å². The second-order valence-corrected chi connectivity index (χ2v) is 15.3. The second-order valence-electron chi connectivity index (χ2n) is 15.3. The number of hydrogen-bond acceptors (Lipinski definition) is 9. The quantitative estimate of drug-likeness (QED) is 0.240. The molecule has 4 heterocycles. The van der Waals surface area contributed by atoms with Gasteiger partial charge in [-0.3, -0.25) is 9.36 Å². The average Bonchev–Trinajstić information content (AvgIpc) is 3.71. The number of amides is 2. The van der Waals surface area contributed by atoms with Gasteiger partial charge in [0.05, 0.1) is 18.0 Å². The summed E-state index contributed by atoms with van der Waals surface area (Å²) >= 11 is 0. The molecule has 0 saturated heterocycles. The molecular formula is C40H56N6O7. The fraction of sp³-hybridized carbons (Fsp3) is 0.500. The van der Waals surface area contributed by atoms with E-state index in [9.17, 15) is 14.7 Å². The number of rotatable bonds is 4. The molecule has 13 nitrogen and oxygen atoms in total. The summed E-state index contributed by atoms with van der Waals surface area (Å²) in [6.45, 7) is 18.2. The third-order valence-electron chi connectivity index (χ3n) is 8.98. The smallest absolute Gasteiger partial charge is 0.410 e. The van der Waals surface area contributed by atoms with Gasteiger partial charge in [-0.15, -0.1) is 0 Å². The third kappa shape index (κ3) is 11.2. The van der Waals surface area contributed by atoms with Crippen LogP contribution in [-0.2, 0) is 62.7 Å². The summed E-state index contributed by atoms with van der Waals surface area (Å²) in [6, 6.07) is 11.3. The number of nitrogens with zero attached hydrogens (tertiary/aromatic N) is 6. The Morgan fingerprint density at radius 3 is 1.62 bits per heavy atom. The number of aromatic hydroxyl groups is 1. The van der Waals surface area contributed by atoms with Gasteiger partial charge < -0.3 is 34.2 Å². The molecule has 2 aromatic carbocycles. The molecule has 0 fully saturated rings. The van der Waals surface area contributed by atoms with Gasteiger partial charge in [0.15, 0.2) is 0 Å². The van der Waals surface area contributed by atoms with E-state index in [4.69, 9.17) is 19.3 Å². The normalized spacial score (nSPS) is 13.8. The van der Waals surface area contributed by atoms with Crippen molar-refractivity contribution in [3.8, 4) is 11.5 Å². The lowest BCUT2D eigenvalue weighted by atomic mass is 9.94. The van der Waals surface area contributed by atoms with Crippen molar-refractivity contribution in [1.29, 1.82) is 0 Å². The molecule has 0 radical (unpaired) electrons. The van der Waals surface area contributed by atoms with Crippen molar-refractivity contribution >= 4 is 12.2 Å². The maximum absolute atomic E-state index is 12.3. The fourth-order valence-electron chi connectivity index (χ4n) is 6.02. The summed E-state index contributed by atoms with van der Waals surface area (Å²) in [5.74, 6) is 1.21. The molecule has 0 aliphatic carbocycles. The maximum Gasteiger partial charge on any atom is 0.410 e. The summed E-state index contributed by atoms with van der Waals surface area (Å²) < 4.78 is 20.3. The number of aliphatic hydroxyl groups is 1. The van der Waals surface area contributed by atoms with Crippen molar-refractivity contribution in [2.75, 3.05) is 13.1 Å². The largest absolute Gasteiger partial charge is 0.508 e. The zero-order valence-electron chi connectivity index (χ0n) is 32.9. The van der Waals surface area contributed by atoms with Gasteiger partial charge in [0.1, 0.15) is 29.3 Å². The van der Waals surface area contributed by atoms with E-state index in [1.807, 2.05) is 78.4 Å². The van der Waals surface area contributed by atoms with Crippen molar-refractivity contribution in [2.45, 2.75) is 106 Å². The van der Waals surface area contributed by atoms with Gasteiger partial charge in [0, 0.05) is 52.7 Å². The molecule has 0 saturated carbocycles. The first-order chi connectivity index (χ1) is 24.9. The number of aliphatic hydroxyl groups excluding tert-OH is 1. The van der Waals surface area contributed by atoms with Crippen LogP contribution in [0.2, 0.25) is 0 Å². The van der Waals surface area contributed by atoms with Crippen molar-refractivity contribution in [3.63, 3.8) is 0 Å². The van der Waals surface area contributed by atoms with Crippen molar-refractivity contribution in [1.82, 2.24) is 29.4 Å². The molecule has 13 heteroatoms. The molecule has 0 atom stereocenters. The SMILES string of the molecule is Cc1c(O)ccc2c1CCN(C(=O)OC(C)(C)C)C2.Cc1c(OCc2ccnn2C)ccc2c1CCN(C(=O)OC(C)(C)C)C2.Cn1nccc1CO. The Hall–Kier alpha value is -5.04. The van der Waals surface area contributed by atoms with Crippen LogP contribution < -0.4 is 4.74 Å². The Kier molecular flexibility index (Phi) is 13.2. The van der Waals surface area contributed by atoms with Crippen LogP contribution in [0.3, 0.4) is 0 Å². The van der Waals surface area contributed by atoms with E-state index in [1.165, 1.54) is 5.56 Å². The Labute approximate surface area is 313 Å². The van der Waals surface area contributed by atoms with Gasteiger partial charge in [0.2, 0.25) is 0 Å². The van der Waals surface area contributed by atoms with Gasteiger partial charge in [-0.25, -0.2) is 9.59 Å². The first-order valence-corrected chi connectivity index (χ1v) is 17.9. The molecule has 288 valence electrons. The van der Waals surface area contributed by atoms with E-state index in [0.29, 0.717) is 38.5 Å². The maximum atomic E-state index is 12.3. The molecule has 0 bridgehead atoms. The minimum absolute atomic E-state index is 0.0660. The highest BCUT2D eigenvalue weighted by Crippen LogP contribution is 2.31. The second kappa shape index (κ2) is 17.2. The number of phenols is 1. The number of fused-ring (bicyclic) bond motifs is 2. The fourth-order valence-corrected chi connectivity index (χ4v) is 6.02. The minimum atomic E-state index is -0.475. The number of carbonyl (C=O) groups excluding carboxylic acids is 2. The van der Waals surface area contributed by atoms with Gasteiger partial charge in [-0.05, 0) is 126 Å². The summed E-state index contributed by atoms with van der Waals surface area (Å²) in [5.41, 5.74) is 7.66. The van der Waals surface area contributed by atoms with E-state index in [2.05, 4.69) is 23.2 Å². The summed E-state index contributed by atoms with van der Waals surface area (Å²) in [7, 11) is 3.70. The lowest BCUT2D eigenvalue weighted by molar-refractivity contribution is 0.0213. The van der Waals surface area contributed by atoms with E-state index >= 15 is 0 Å². The molecule has 6 rings (SSSR count). The van der Waals surface area contributed by atoms with Crippen LogP contribution in [0.25, 0.3) is 0 Å². The highest BCUT2D eigenvalue weighted by molar-refractivity contribution is 5.69. The predicted octanol–water partition coefficient (Wildman–Crippen LogP) is 6.51. The number of phenolic OH excluding ortho intramolecular Hbond substituents is 1. The van der Waals surface area contributed by atoms with Gasteiger partial charge in [-0.1, -0.05) is 12.1 Å². The summed E-state index contributed by atoms with van der Waals surface area (Å²) in [5, 5.41) is 26.2. The molecule has 0 unspecified atom stereocenters. The predicted molar refractivity (Wildman–Crippen MR) is 201 cm³/mol. The number of carbonyl (C=O) groups is 2. The van der Waals surface area contributed by atoms with Gasteiger partial charge in [-0.2, -0.15) is 10.2 Å². The van der Waals surface area contributed by atoms with Crippen LogP contribution in [0.4, 0.5) is 9.59 Å². The zero-order chi connectivity index (χ0) is 39.1. The van der Waals surface area contributed by atoms with Crippen LogP contribution in [0.5, 0.6) is 11.5 Å². The Bertz CT molecular complexity index is 1870. The summed E-state index contributed by atoms with van der Waals surface area (Å²) in [6.07, 6.45) is 4.47. The number of hydrogen-bond donors (Lipinski definition) is 2. The third-order valence-corrected chi connectivity index (χ3v) is 8.98. The molecule has 53 heavy (non-hydrogen) atoms. The van der Waals surface area contributed by atoms with E-state index in [0.717, 1.165) is 57.8 Å². The Morgan fingerprint density at radius 1 is 0.717 bits per heavy atom. The van der Waals surface area contributed by atoms with E-state index < -0.39 is 11.2 Å². The molecule has 2 aliphatic rings. The number of ether oxygens (including phenoxy) is 3. The number of benzene rings is 2. The van der Waals surface area contributed by atoms with Crippen molar-refractivity contribution in [3.05, 3.63) is 93.6 Å². The van der Waals surface area contributed by atoms with Gasteiger partial charge in [0.25, 0.3) is 0 Å². The Balaban J connectivity index is 0.000000202.